The number of carbonyl (C=O) groups is 1. The molecule has 0 aliphatic heterocycles. The van der Waals surface area contributed by atoms with Gasteiger partial charge in [-0.2, -0.15) is 0 Å². The lowest BCUT2D eigenvalue weighted by Crippen LogP contribution is -2.18. The molecule has 10 heteroatoms. The zero-order chi connectivity index (χ0) is 18.7. The summed E-state index contributed by atoms with van der Waals surface area (Å²) in [4.78, 5) is 12.3. The number of alkyl halides is 3. The third-order valence-electron chi connectivity index (χ3n) is 2.81. The number of halogens is 3. The van der Waals surface area contributed by atoms with Gasteiger partial charge in [0.05, 0.1) is 17.5 Å². The molecule has 0 aliphatic carbocycles. The largest absolute Gasteiger partial charge is 0.573 e. The minimum Gasteiger partial charge on any atom is -0.406 e. The molecule has 2 aromatic carbocycles. The summed E-state index contributed by atoms with van der Waals surface area (Å²) in [6.07, 6.45) is -3.86. The van der Waals surface area contributed by atoms with Gasteiger partial charge in [0.15, 0.2) is 0 Å². The number of carbonyl (C=O) groups excluding carboxylic acids is 1. The predicted octanol–water partition coefficient (Wildman–Crippen LogP) is 3.21. The fourth-order valence-electron chi connectivity index (χ4n) is 1.91. The van der Waals surface area contributed by atoms with Crippen molar-refractivity contribution in [2.75, 3.05) is 16.3 Å². The van der Waals surface area contributed by atoms with Crippen molar-refractivity contribution >= 4 is 27.3 Å². The number of benzene rings is 2. The van der Waals surface area contributed by atoms with Gasteiger partial charge in [0, 0.05) is 5.69 Å². The van der Waals surface area contributed by atoms with E-state index in [0.717, 1.165) is 18.4 Å². The van der Waals surface area contributed by atoms with Crippen LogP contribution in [0.4, 0.5) is 24.5 Å². The second-order valence-electron chi connectivity index (χ2n) is 4.95. The summed E-state index contributed by atoms with van der Waals surface area (Å²) in [6.45, 7) is 0. The maximum absolute atomic E-state index is 12.3. The first kappa shape index (κ1) is 18.6. The molecule has 134 valence electrons. The van der Waals surface area contributed by atoms with Crippen LogP contribution in [0.5, 0.6) is 5.75 Å². The van der Waals surface area contributed by atoms with E-state index in [9.17, 15) is 26.4 Å². The van der Waals surface area contributed by atoms with Crippen LogP contribution in [0.2, 0.25) is 0 Å². The first-order valence-electron chi connectivity index (χ1n) is 6.77. The molecule has 0 spiro atoms. The number of hydrogen-bond donors (Lipinski definition) is 2. The van der Waals surface area contributed by atoms with Crippen molar-refractivity contribution in [2.24, 2.45) is 0 Å². The number of rotatable bonds is 5. The van der Waals surface area contributed by atoms with Crippen LogP contribution < -0.4 is 14.8 Å². The van der Waals surface area contributed by atoms with Crippen molar-refractivity contribution < 1.29 is 31.1 Å². The average molecular weight is 374 g/mol. The van der Waals surface area contributed by atoms with E-state index in [0.29, 0.717) is 0 Å². The number of sulfonamides is 1. The molecule has 25 heavy (non-hydrogen) atoms. The highest BCUT2D eigenvalue weighted by molar-refractivity contribution is 7.92. The van der Waals surface area contributed by atoms with E-state index >= 15 is 0 Å². The van der Waals surface area contributed by atoms with Gasteiger partial charge in [-0.15, -0.1) is 13.2 Å². The number of hydrogen-bond acceptors (Lipinski definition) is 4. The topological polar surface area (TPSA) is 84.5 Å². The van der Waals surface area contributed by atoms with Gasteiger partial charge in [-0.1, -0.05) is 12.1 Å². The number of amides is 1. The summed E-state index contributed by atoms with van der Waals surface area (Å²) in [6, 6.07) is 10.5. The molecule has 2 N–H and O–H groups in total. The van der Waals surface area contributed by atoms with Gasteiger partial charge in [-0.3, -0.25) is 9.52 Å². The maximum Gasteiger partial charge on any atom is 0.573 e. The first-order valence-corrected chi connectivity index (χ1v) is 8.67. The lowest BCUT2D eigenvalue weighted by Gasteiger charge is -2.12. The SMILES string of the molecule is CS(=O)(=O)Nc1ccccc1C(=O)Nc1ccc(OC(F)(F)F)cc1. The Hall–Kier alpha value is -2.75. The van der Waals surface area contributed by atoms with Crippen LogP contribution >= 0.6 is 0 Å². The van der Waals surface area contributed by atoms with E-state index in [-0.39, 0.29) is 16.9 Å². The van der Waals surface area contributed by atoms with E-state index in [1.165, 1.54) is 24.3 Å². The minimum absolute atomic E-state index is 0.0588. The molecule has 0 aliphatic rings. The maximum atomic E-state index is 12.3. The molecule has 0 fully saturated rings. The van der Waals surface area contributed by atoms with Crippen molar-refractivity contribution in [3.63, 3.8) is 0 Å². The molecule has 6 nitrogen and oxygen atoms in total. The van der Waals surface area contributed by atoms with Crippen LogP contribution in [0.15, 0.2) is 48.5 Å². The summed E-state index contributed by atoms with van der Waals surface area (Å²) < 4.78 is 64.9. The van der Waals surface area contributed by atoms with Gasteiger partial charge in [0.2, 0.25) is 10.0 Å². The Labute approximate surface area is 141 Å². The fourth-order valence-corrected chi connectivity index (χ4v) is 2.49. The molecule has 0 radical (unpaired) electrons. The quantitative estimate of drug-likeness (QED) is 0.842. The Morgan fingerprint density at radius 3 is 2.20 bits per heavy atom. The Morgan fingerprint density at radius 1 is 1.04 bits per heavy atom. The summed E-state index contributed by atoms with van der Waals surface area (Å²) in [5.74, 6) is -1.05. The standard InChI is InChI=1S/C15H13F3N2O4S/c1-25(22,23)20-13-5-3-2-4-12(13)14(21)19-10-6-8-11(9-7-10)24-15(16,17)18/h2-9,20H,1H3,(H,19,21). The Kier molecular flexibility index (Phi) is 5.21. The second kappa shape index (κ2) is 7.01. The highest BCUT2D eigenvalue weighted by Crippen LogP contribution is 2.24. The molecule has 2 rings (SSSR count). The lowest BCUT2D eigenvalue weighted by molar-refractivity contribution is -0.274. The monoisotopic (exact) mass is 374 g/mol. The zero-order valence-corrected chi connectivity index (χ0v) is 13.6. The van der Waals surface area contributed by atoms with E-state index in [2.05, 4.69) is 14.8 Å². The van der Waals surface area contributed by atoms with E-state index in [1.54, 1.807) is 12.1 Å². The van der Waals surface area contributed by atoms with Gasteiger partial charge in [0.25, 0.3) is 5.91 Å². The van der Waals surface area contributed by atoms with Crippen LogP contribution in [0.1, 0.15) is 10.4 Å². The van der Waals surface area contributed by atoms with Crippen LogP contribution in [0, 0.1) is 0 Å². The second-order valence-corrected chi connectivity index (χ2v) is 6.69. The zero-order valence-electron chi connectivity index (χ0n) is 12.8. The molecule has 0 aromatic heterocycles. The Balaban J connectivity index is 2.15. The Morgan fingerprint density at radius 2 is 1.64 bits per heavy atom. The highest BCUT2D eigenvalue weighted by Gasteiger charge is 2.31. The molecule has 2 aromatic rings. The van der Waals surface area contributed by atoms with Crippen LogP contribution in [0.25, 0.3) is 0 Å². The summed E-state index contributed by atoms with van der Waals surface area (Å²) in [5.41, 5.74) is 0.358. The third kappa shape index (κ3) is 5.99. The molecule has 0 saturated heterocycles. The van der Waals surface area contributed by atoms with Crippen LogP contribution in [-0.2, 0) is 10.0 Å². The lowest BCUT2D eigenvalue weighted by atomic mass is 10.1. The van der Waals surface area contributed by atoms with Crippen molar-refractivity contribution in [3.8, 4) is 5.75 Å². The first-order chi connectivity index (χ1) is 11.5. The normalized spacial score (nSPS) is 11.7. The summed E-state index contributed by atoms with van der Waals surface area (Å²) >= 11 is 0. The third-order valence-corrected chi connectivity index (χ3v) is 3.40. The van der Waals surface area contributed by atoms with Gasteiger partial charge in [-0.05, 0) is 36.4 Å². The number of ether oxygens (including phenoxy) is 1. The molecular formula is C15H13F3N2O4S. The smallest absolute Gasteiger partial charge is 0.406 e. The van der Waals surface area contributed by atoms with Gasteiger partial charge < -0.3 is 10.1 Å². The molecule has 0 heterocycles. The summed E-state index contributed by atoms with van der Waals surface area (Å²) in [5, 5.41) is 2.46. The molecular weight excluding hydrogens is 361 g/mol. The van der Waals surface area contributed by atoms with Crippen molar-refractivity contribution in [2.45, 2.75) is 6.36 Å². The Bertz CT molecular complexity index is 865. The predicted molar refractivity (Wildman–Crippen MR) is 86.0 cm³/mol. The van der Waals surface area contributed by atoms with Crippen LogP contribution in [0.3, 0.4) is 0 Å². The van der Waals surface area contributed by atoms with E-state index < -0.39 is 28.0 Å². The van der Waals surface area contributed by atoms with Crippen molar-refractivity contribution in [3.05, 3.63) is 54.1 Å². The molecule has 0 saturated carbocycles. The number of nitrogens with one attached hydrogen (secondary N) is 2. The fraction of sp³-hybridized carbons (Fsp3) is 0.133. The average Bonchev–Trinajstić information content (AvgIpc) is 2.46. The van der Waals surface area contributed by atoms with E-state index in [4.69, 9.17) is 0 Å². The molecule has 0 bridgehead atoms. The highest BCUT2D eigenvalue weighted by atomic mass is 32.2. The van der Waals surface area contributed by atoms with E-state index in [1.807, 2.05) is 0 Å². The summed E-state index contributed by atoms with van der Waals surface area (Å²) in [7, 11) is -3.58. The van der Waals surface area contributed by atoms with Crippen molar-refractivity contribution in [1.29, 1.82) is 0 Å². The van der Waals surface area contributed by atoms with Crippen LogP contribution in [-0.4, -0.2) is 26.9 Å². The molecule has 0 atom stereocenters. The number of para-hydroxylation sites is 1. The number of anilines is 2. The van der Waals surface area contributed by atoms with Gasteiger partial charge >= 0.3 is 6.36 Å². The van der Waals surface area contributed by atoms with Crippen molar-refractivity contribution in [1.82, 2.24) is 0 Å². The minimum atomic E-state index is -4.80. The van der Waals surface area contributed by atoms with Gasteiger partial charge in [-0.25, -0.2) is 8.42 Å². The molecule has 1 amide bonds. The molecule has 0 unspecified atom stereocenters. The van der Waals surface area contributed by atoms with Gasteiger partial charge in [0.1, 0.15) is 5.75 Å².